The van der Waals surface area contributed by atoms with Crippen molar-refractivity contribution in [2.45, 2.75) is 57.7 Å². The van der Waals surface area contributed by atoms with Crippen molar-refractivity contribution in [1.29, 1.82) is 0 Å². The Bertz CT molecular complexity index is 2220. The van der Waals surface area contributed by atoms with Crippen LogP contribution in [0, 0.1) is 5.82 Å². The number of nitrogens with zero attached hydrogens (tertiary/aromatic N) is 1. The number of amides is 1. The van der Waals surface area contributed by atoms with Crippen LogP contribution in [0.4, 0.5) is 10.1 Å². The first-order valence-electron chi connectivity index (χ1n) is 21.1. The third-order valence-electron chi connectivity index (χ3n) is 7.47. The first-order chi connectivity index (χ1) is 28.5. The summed E-state index contributed by atoms with van der Waals surface area (Å²) < 4.78 is 126. The summed E-state index contributed by atoms with van der Waals surface area (Å²) in [7, 11) is -9.16. The number of aliphatic hydroxyl groups excluding tert-OH is 2. The molecule has 4 aromatic rings. The quantitative estimate of drug-likeness (QED) is 0.120. The van der Waals surface area contributed by atoms with Crippen LogP contribution in [0.25, 0.3) is 22.4 Å². The van der Waals surface area contributed by atoms with Gasteiger partial charge in [-0.15, -0.1) is 0 Å². The molecule has 0 bridgehead atoms. The van der Waals surface area contributed by atoms with Crippen LogP contribution in [-0.4, -0.2) is 72.6 Å². The van der Waals surface area contributed by atoms with Crippen LogP contribution in [0.2, 0.25) is 0 Å². The molecule has 0 aliphatic heterocycles. The highest BCUT2D eigenvalue weighted by atomic mass is 19.1. The van der Waals surface area contributed by atoms with E-state index in [1.807, 2.05) is 0 Å². The SMILES string of the molecule is [2H]C([2H])([2H])OC(=O)COC(=O)C([2H])([2H])[C@H](O)C[C@H](O)CCn1c(-c2ccc(F)cc2)c(-c2ccccc2)c(C(=O)Nc2ccc(OC([2H])([2H])[2H])cc2OC([2H])([2H])[2H])c1C([2H])(C)C. The highest BCUT2D eigenvalue weighted by Gasteiger charge is 2.31. The summed E-state index contributed by atoms with van der Waals surface area (Å²) in [5.74, 6) is -7.25. The Kier molecular flexibility index (Phi) is 8.39. The molecule has 0 saturated heterocycles. The number of ether oxygens (including phenoxy) is 4. The first kappa shape index (κ1) is 24.0. The lowest BCUT2D eigenvalue weighted by atomic mass is 9.94. The fourth-order valence-electron chi connectivity index (χ4n) is 5.36. The van der Waals surface area contributed by atoms with E-state index in [0.717, 1.165) is 30.3 Å². The summed E-state index contributed by atoms with van der Waals surface area (Å²) in [6.45, 7) is 1.37. The van der Waals surface area contributed by atoms with Crippen molar-refractivity contribution in [2.75, 3.05) is 33.0 Å². The van der Waals surface area contributed by atoms with Crippen LogP contribution in [0.1, 0.15) is 71.5 Å². The van der Waals surface area contributed by atoms with E-state index in [1.165, 1.54) is 30.5 Å². The minimum absolute atomic E-state index is 0.0180. The van der Waals surface area contributed by atoms with Crippen LogP contribution in [0.5, 0.6) is 11.5 Å². The van der Waals surface area contributed by atoms with E-state index in [4.69, 9.17) is 24.6 Å². The topological polar surface area (TPSA) is 146 Å². The van der Waals surface area contributed by atoms with E-state index < -0.39 is 88.0 Å². The number of anilines is 1. The minimum atomic E-state index is -3.22. The standard InChI is InChI=1S/C38H43FN2O9/c1-23(2)36-35(38(46)40-30-16-15-29(47-3)21-31(30)48-4)34(24-9-7-6-8-10-24)37(25-11-13-26(39)14-12-25)41(36)18-17-27(42)19-28(43)20-32(44)50-22-33(45)49-5/h6-16,21,23,27-28,42-43H,17-20,22H2,1-5H3,(H,40,46)/t27-,28-/m1/s1/i3D3,4D3,5D3,20D2,23D. The lowest BCUT2D eigenvalue weighted by Gasteiger charge is -2.20. The van der Waals surface area contributed by atoms with Crippen molar-refractivity contribution in [3.05, 3.63) is 89.9 Å². The monoisotopic (exact) mass is 702 g/mol. The summed E-state index contributed by atoms with van der Waals surface area (Å²) >= 11 is 0. The summed E-state index contributed by atoms with van der Waals surface area (Å²) in [6.07, 6.45) is -8.16. The molecular formula is C38H43FN2O9. The van der Waals surface area contributed by atoms with Crippen molar-refractivity contribution >= 4 is 23.5 Å². The second kappa shape index (κ2) is 17.5. The third kappa shape index (κ3) is 9.27. The molecule has 0 aliphatic carbocycles. The molecule has 4 rings (SSSR count). The fraction of sp³-hybridized carbons (Fsp3) is 0.342. The van der Waals surface area contributed by atoms with E-state index >= 15 is 0 Å². The van der Waals surface area contributed by atoms with Crippen LogP contribution in [-0.2, 0) is 25.6 Å². The van der Waals surface area contributed by atoms with E-state index in [-0.39, 0.29) is 46.9 Å². The predicted molar refractivity (Wildman–Crippen MR) is 186 cm³/mol. The molecule has 1 aromatic heterocycles. The molecular weight excluding hydrogens is 647 g/mol. The second-order valence-electron chi connectivity index (χ2n) is 11.2. The second-order valence-corrected chi connectivity index (χ2v) is 11.2. The van der Waals surface area contributed by atoms with Gasteiger partial charge in [-0.1, -0.05) is 44.2 Å². The Morgan fingerprint density at radius 2 is 1.68 bits per heavy atom. The maximum atomic E-state index is 14.8. The zero-order valence-corrected chi connectivity index (χ0v) is 27.0. The van der Waals surface area contributed by atoms with Crippen LogP contribution < -0.4 is 14.8 Å². The number of benzene rings is 3. The zero-order chi connectivity index (χ0) is 46.6. The van der Waals surface area contributed by atoms with Gasteiger partial charge in [0, 0.05) is 28.0 Å². The molecule has 3 N–H and O–H groups in total. The molecule has 0 fully saturated rings. The van der Waals surface area contributed by atoms with Gasteiger partial charge in [-0.2, -0.15) is 0 Å². The molecule has 266 valence electrons. The van der Waals surface area contributed by atoms with Gasteiger partial charge >= 0.3 is 11.9 Å². The molecule has 11 nitrogen and oxygen atoms in total. The average Bonchev–Trinajstić information content (AvgIpc) is 3.49. The molecule has 0 saturated carbocycles. The number of esters is 2. The van der Waals surface area contributed by atoms with E-state index in [1.54, 1.807) is 30.3 Å². The maximum absolute atomic E-state index is 14.8. The average molecular weight is 703 g/mol. The summed E-state index contributed by atoms with van der Waals surface area (Å²) in [4.78, 5) is 39.0. The third-order valence-corrected chi connectivity index (χ3v) is 7.47. The van der Waals surface area contributed by atoms with Crippen molar-refractivity contribution in [2.24, 2.45) is 0 Å². The van der Waals surface area contributed by atoms with E-state index in [9.17, 15) is 30.4 Å². The normalized spacial score (nSPS) is 17.1. The molecule has 2 atom stereocenters. The number of aromatic nitrogens is 1. The number of hydrogen-bond acceptors (Lipinski definition) is 9. The zero-order valence-electron chi connectivity index (χ0n) is 39.0. The van der Waals surface area contributed by atoms with Crippen LogP contribution >= 0.6 is 0 Å². The Balaban J connectivity index is 1.82. The van der Waals surface area contributed by atoms with Crippen molar-refractivity contribution in [3.8, 4) is 33.9 Å². The fourth-order valence-corrected chi connectivity index (χ4v) is 5.36. The molecule has 12 heteroatoms. The number of carbonyl (C=O) groups excluding carboxylic acids is 3. The number of carbonyl (C=O) groups is 3. The van der Waals surface area contributed by atoms with Gasteiger partial charge < -0.3 is 39.0 Å². The Labute approximate surface area is 307 Å². The lowest BCUT2D eigenvalue weighted by Crippen LogP contribution is -2.24. The molecule has 0 unspecified atom stereocenters. The van der Waals surface area contributed by atoms with Gasteiger partial charge in [-0.25, -0.2) is 9.18 Å². The Morgan fingerprint density at radius 1 is 0.940 bits per heavy atom. The van der Waals surface area contributed by atoms with Crippen molar-refractivity contribution in [1.82, 2.24) is 4.57 Å². The van der Waals surface area contributed by atoms with Crippen molar-refractivity contribution in [3.63, 3.8) is 0 Å². The number of rotatable bonds is 16. The summed E-state index contributed by atoms with van der Waals surface area (Å²) in [5, 5.41) is 24.5. The van der Waals surface area contributed by atoms with Crippen LogP contribution in [0.3, 0.4) is 0 Å². The number of hydrogen-bond donors (Lipinski definition) is 3. The maximum Gasteiger partial charge on any atom is 0.344 e. The number of aliphatic hydroxyl groups is 2. The lowest BCUT2D eigenvalue weighted by molar-refractivity contribution is -0.158. The highest BCUT2D eigenvalue weighted by molar-refractivity contribution is 6.13. The molecule has 0 radical (unpaired) electrons. The van der Waals surface area contributed by atoms with Gasteiger partial charge in [-0.3, -0.25) is 9.59 Å². The van der Waals surface area contributed by atoms with Crippen molar-refractivity contribution < 1.29 is 64.4 Å². The van der Waals surface area contributed by atoms with Gasteiger partial charge in [-0.05, 0) is 66.3 Å². The van der Waals surface area contributed by atoms with Gasteiger partial charge in [0.25, 0.3) is 5.91 Å². The molecule has 3 aromatic carbocycles. The highest BCUT2D eigenvalue weighted by Crippen LogP contribution is 2.43. The largest absolute Gasteiger partial charge is 0.497 e. The van der Waals surface area contributed by atoms with E-state index in [0.29, 0.717) is 11.1 Å². The number of halogens is 1. The van der Waals surface area contributed by atoms with Gasteiger partial charge in [0.2, 0.25) is 0 Å². The summed E-state index contributed by atoms with van der Waals surface area (Å²) in [6, 6.07) is 16.8. The molecule has 50 heavy (non-hydrogen) atoms. The first-order valence-corrected chi connectivity index (χ1v) is 15.1. The predicted octanol–water partition coefficient (Wildman–Crippen LogP) is 5.96. The summed E-state index contributed by atoms with van der Waals surface area (Å²) in [5.41, 5.74) is 0.849. The van der Waals surface area contributed by atoms with Crippen LogP contribution in [0.15, 0.2) is 72.8 Å². The van der Waals surface area contributed by atoms with E-state index in [2.05, 4.69) is 14.8 Å². The number of nitrogens with one attached hydrogen (secondary N) is 1. The Hall–Kier alpha value is -5.20. The van der Waals surface area contributed by atoms with Gasteiger partial charge in [0.1, 0.15) is 17.3 Å². The molecule has 0 aliphatic rings. The van der Waals surface area contributed by atoms with Gasteiger partial charge in [0.15, 0.2) is 6.61 Å². The van der Waals surface area contributed by atoms with Gasteiger partial charge in [0.05, 0.1) is 69.0 Å². The smallest absolute Gasteiger partial charge is 0.344 e. The minimum Gasteiger partial charge on any atom is -0.497 e. The molecule has 1 heterocycles. The Morgan fingerprint density at radius 3 is 2.36 bits per heavy atom. The number of methoxy groups -OCH3 is 3. The molecule has 1 amide bonds. The molecule has 0 spiro atoms.